The Labute approximate surface area is 201 Å². The van der Waals surface area contributed by atoms with Crippen LogP contribution in [0.2, 0.25) is 5.02 Å². The van der Waals surface area contributed by atoms with Crippen LogP contribution in [0.15, 0.2) is 46.2 Å². The van der Waals surface area contributed by atoms with Gasteiger partial charge in [0.15, 0.2) is 11.5 Å². The number of aromatic nitrogens is 1. The van der Waals surface area contributed by atoms with E-state index in [2.05, 4.69) is 4.98 Å². The summed E-state index contributed by atoms with van der Waals surface area (Å²) in [6.45, 7) is 0. The predicted octanol–water partition coefficient (Wildman–Crippen LogP) is 3.61. The maximum Gasteiger partial charge on any atom is 0.305 e. The number of carbonyl (C=O) groups is 2. The lowest BCUT2D eigenvalue weighted by Gasteiger charge is -2.30. The Kier molecular flexibility index (Phi) is 5.38. The molecule has 0 radical (unpaired) electrons. The monoisotopic (exact) mass is 504 g/mol. The van der Waals surface area contributed by atoms with E-state index in [-0.39, 0.29) is 33.9 Å². The van der Waals surface area contributed by atoms with Gasteiger partial charge in [-0.1, -0.05) is 34.7 Å². The molecule has 8 nitrogen and oxygen atoms in total. The minimum absolute atomic E-state index is 0.162. The third-order valence-electron chi connectivity index (χ3n) is 5.77. The van der Waals surface area contributed by atoms with Gasteiger partial charge in [-0.25, -0.2) is 4.90 Å². The maximum absolute atomic E-state index is 13.7. The van der Waals surface area contributed by atoms with Crippen LogP contribution in [-0.4, -0.2) is 41.4 Å². The van der Waals surface area contributed by atoms with Crippen LogP contribution in [0, 0.1) is 5.92 Å². The van der Waals surface area contributed by atoms with E-state index in [0.717, 1.165) is 11.3 Å². The number of carbonyl (C=O) groups excluding carboxylic acids is 2. The first kappa shape index (κ1) is 21.9. The van der Waals surface area contributed by atoms with Crippen LogP contribution in [-0.2, 0) is 9.59 Å². The van der Waals surface area contributed by atoms with Crippen molar-refractivity contribution in [3.63, 3.8) is 0 Å². The number of anilines is 1. The Morgan fingerprint density at radius 3 is 2.27 bits per heavy atom. The molecule has 2 amide bonds. The number of methoxy groups -OCH3 is 2. The van der Waals surface area contributed by atoms with Crippen LogP contribution in [0.25, 0.3) is 0 Å². The number of halogens is 1. The number of hydrogen-bond acceptors (Lipinski definition) is 8. The van der Waals surface area contributed by atoms with Crippen molar-refractivity contribution in [3.8, 4) is 17.2 Å². The Hall–Kier alpha value is -2.95. The number of aromatic hydroxyl groups is 1. The number of fused-ring (bicyclic) bond motifs is 2. The molecule has 0 bridgehead atoms. The Morgan fingerprint density at radius 1 is 1.03 bits per heavy atom. The average molecular weight is 505 g/mol. The number of hydrogen-bond donors (Lipinski definition) is 2. The molecule has 2 unspecified atom stereocenters. The number of nitrogens with zero attached hydrogens (tertiary/aromatic N) is 1. The minimum Gasteiger partial charge on any atom is -0.502 e. The van der Waals surface area contributed by atoms with Gasteiger partial charge in [0, 0.05) is 15.8 Å². The molecule has 3 heterocycles. The topological polar surface area (TPSA) is 109 Å². The highest BCUT2D eigenvalue weighted by Gasteiger charge is 2.56. The smallest absolute Gasteiger partial charge is 0.305 e. The lowest BCUT2D eigenvalue weighted by Crippen LogP contribution is -2.32. The number of phenols is 1. The van der Waals surface area contributed by atoms with Crippen molar-refractivity contribution in [1.82, 2.24) is 4.98 Å². The number of benzene rings is 2. The van der Waals surface area contributed by atoms with Gasteiger partial charge in [0.25, 0.3) is 0 Å². The summed E-state index contributed by atoms with van der Waals surface area (Å²) in [5.74, 6) is -1.97. The molecule has 2 aliphatic heterocycles. The van der Waals surface area contributed by atoms with Crippen molar-refractivity contribution in [2.75, 3.05) is 19.1 Å². The second-order valence-electron chi connectivity index (χ2n) is 7.51. The van der Waals surface area contributed by atoms with Gasteiger partial charge < -0.3 is 19.6 Å². The van der Waals surface area contributed by atoms with Crippen molar-refractivity contribution in [2.24, 2.45) is 5.92 Å². The summed E-state index contributed by atoms with van der Waals surface area (Å²) in [5, 5.41) is 10.7. The zero-order valence-electron chi connectivity index (χ0n) is 17.3. The van der Waals surface area contributed by atoms with Crippen LogP contribution >= 0.6 is 34.7 Å². The first-order chi connectivity index (χ1) is 15.8. The number of thioether (sulfide) groups is 1. The first-order valence-corrected chi connectivity index (χ1v) is 11.9. The van der Waals surface area contributed by atoms with Crippen LogP contribution in [0.1, 0.15) is 16.4 Å². The van der Waals surface area contributed by atoms with Gasteiger partial charge in [-0.15, -0.1) is 0 Å². The summed E-state index contributed by atoms with van der Waals surface area (Å²) < 4.78 is 10.6. The quantitative estimate of drug-likeness (QED) is 0.522. The van der Waals surface area contributed by atoms with E-state index in [0.29, 0.717) is 26.2 Å². The third kappa shape index (κ3) is 3.40. The summed E-state index contributed by atoms with van der Waals surface area (Å²) in [6.07, 6.45) is 0. The lowest BCUT2D eigenvalue weighted by molar-refractivity contribution is -0.122. The van der Waals surface area contributed by atoms with Crippen molar-refractivity contribution in [1.29, 1.82) is 0 Å². The SMILES string of the molecule is COc1cc([C@H]2c3sc(=O)[nH]c3SC3C(=O)N(c4ccc(Cl)cc4)C(=O)C32)cc(OC)c1O. The van der Waals surface area contributed by atoms with Crippen LogP contribution in [0.4, 0.5) is 5.69 Å². The second-order valence-corrected chi connectivity index (χ2v) is 10.1. The molecule has 3 atom stereocenters. The zero-order valence-corrected chi connectivity index (χ0v) is 19.7. The van der Waals surface area contributed by atoms with Gasteiger partial charge in [-0.3, -0.25) is 14.4 Å². The highest BCUT2D eigenvalue weighted by atomic mass is 35.5. The Morgan fingerprint density at radius 2 is 1.67 bits per heavy atom. The molecule has 0 spiro atoms. The molecule has 1 aromatic heterocycles. The molecule has 5 rings (SSSR count). The molecule has 2 N–H and O–H groups in total. The van der Waals surface area contributed by atoms with Crippen molar-refractivity contribution < 1.29 is 24.2 Å². The summed E-state index contributed by atoms with van der Waals surface area (Å²) in [7, 11) is 2.81. The van der Waals surface area contributed by atoms with Gasteiger partial charge in [0.1, 0.15) is 5.25 Å². The Bertz CT molecular complexity index is 1310. The average Bonchev–Trinajstić information content (AvgIpc) is 3.29. The molecule has 0 saturated carbocycles. The predicted molar refractivity (Wildman–Crippen MR) is 125 cm³/mol. The molecule has 0 aliphatic carbocycles. The van der Waals surface area contributed by atoms with Gasteiger partial charge in [-0.2, -0.15) is 0 Å². The van der Waals surface area contributed by atoms with E-state index in [1.165, 1.54) is 30.9 Å². The van der Waals surface area contributed by atoms with E-state index < -0.39 is 17.1 Å². The fourth-order valence-corrected chi connectivity index (χ4v) is 6.96. The Balaban J connectivity index is 1.68. The molecule has 3 aromatic rings. The van der Waals surface area contributed by atoms with Gasteiger partial charge in [-0.05, 0) is 42.0 Å². The molecule has 33 heavy (non-hydrogen) atoms. The molecular weight excluding hydrogens is 488 g/mol. The molecule has 2 aromatic carbocycles. The zero-order chi connectivity index (χ0) is 23.4. The summed E-state index contributed by atoms with van der Waals surface area (Å²) in [6, 6.07) is 9.69. The van der Waals surface area contributed by atoms with Crippen molar-refractivity contribution in [3.05, 3.63) is 61.5 Å². The standard InChI is InChI=1S/C22H17ClN2O6S2/c1-30-12-7-9(8-13(31-2)16(12)26)14-15-18(32-19-17(14)33-22(29)24-19)21(28)25(20(15)27)11-5-3-10(23)4-6-11/h3-8,14-15,18,26H,1-2H3,(H,24,29)/t14-,15?,18?/m1/s1. The van der Waals surface area contributed by atoms with Gasteiger partial charge >= 0.3 is 4.87 Å². The molecule has 170 valence electrons. The molecule has 1 fully saturated rings. The van der Waals surface area contributed by atoms with E-state index in [1.807, 2.05) is 0 Å². The van der Waals surface area contributed by atoms with Crippen LogP contribution < -0.4 is 19.2 Å². The largest absolute Gasteiger partial charge is 0.502 e. The number of amides is 2. The van der Waals surface area contributed by atoms with Crippen LogP contribution in [0.5, 0.6) is 17.2 Å². The van der Waals surface area contributed by atoms with Crippen molar-refractivity contribution in [2.45, 2.75) is 16.2 Å². The number of ether oxygens (including phenoxy) is 2. The molecular formula is C22H17ClN2O6S2. The van der Waals surface area contributed by atoms with E-state index in [4.69, 9.17) is 21.1 Å². The van der Waals surface area contributed by atoms with E-state index in [1.54, 1.807) is 36.4 Å². The number of phenolic OH excluding ortho intramolecular Hbond substituents is 1. The summed E-state index contributed by atoms with van der Waals surface area (Å²) in [4.78, 5) is 43.6. The maximum atomic E-state index is 13.7. The second kappa shape index (κ2) is 8.12. The van der Waals surface area contributed by atoms with Crippen LogP contribution in [0.3, 0.4) is 0 Å². The fourth-order valence-electron chi connectivity index (χ4n) is 4.31. The fraction of sp³-hybridized carbons (Fsp3) is 0.227. The highest BCUT2D eigenvalue weighted by Crippen LogP contribution is 2.54. The van der Waals surface area contributed by atoms with E-state index in [9.17, 15) is 19.5 Å². The van der Waals surface area contributed by atoms with Gasteiger partial charge in [0.2, 0.25) is 17.6 Å². The van der Waals surface area contributed by atoms with E-state index >= 15 is 0 Å². The number of nitrogens with one attached hydrogen (secondary N) is 1. The van der Waals surface area contributed by atoms with Crippen molar-refractivity contribution >= 4 is 52.2 Å². The van der Waals surface area contributed by atoms with Gasteiger partial charge in [0.05, 0.1) is 30.9 Å². The summed E-state index contributed by atoms with van der Waals surface area (Å²) >= 11 is 8.17. The highest BCUT2D eigenvalue weighted by molar-refractivity contribution is 8.00. The molecule has 2 aliphatic rings. The summed E-state index contributed by atoms with van der Waals surface area (Å²) in [5.41, 5.74) is 1.02. The number of imide groups is 1. The number of H-pyrrole nitrogens is 1. The molecule has 1 saturated heterocycles. The lowest BCUT2D eigenvalue weighted by atomic mass is 9.83. The third-order valence-corrected chi connectivity index (χ3v) is 8.42. The first-order valence-electron chi connectivity index (χ1n) is 9.82. The normalized spacial score (nSPS) is 21.7. The minimum atomic E-state index is -0.768. The number of rotatable bonds is 4. The number of aromatic amines is 1. The number of thiazole rings is 1. The molecule has 11 heteroatoms.